The molecule has 3 unspecified atom stereocenters. The fourth-order valence-corrected chi connectivity index (χ4v) is 2.48. The molecule has 2 aliphatic heterocycles. The molecule has 106 valence electrons. The van der Waals surface area contributed by atoms with Crippen LogP contribution in [0.4, 0.5) is 0 Å². The van der Waals surface area contributed by atoms with Gasteiger partial charge >= 0.3 is 0 Å². The fraction of sp³-hybridized carbons (Fsp3) is 0.538. The fourth-order valence-electron chi connectivity index (χ4n) is 2.48. The standard InChI is InChI=1S/C13H15N3O4/c14-16-15-9-6-18-10-7-19-13(20-12(10)11(9)17)8-4-2-1-3-5-8/h1-5,9-13,17H,6-7H2/t9-,10?,11?,12+,13?/m0/s1. The second-order valence-corrected chi connectivity index (χ2v) is 4.81. The van der Waals surface area contributed by atoms with Crippen LogP contribution in [0, 0.1) is 0 Å². The quantitative estimate of drug-likeness (QED) is 0.503. The third-order valence-corrected chi connectivity index (χ3v) is 3.54. The van der Waals surface area contributed by atoms with Gasteiger partial charge in [-0.1, -0.05) is 35.4 Å². The SMILES string of the molecule is [N-]=[N+]=N[C@H]1COC2COC(c3ccccc3)O[C@H]2C1O. The van der Waals surface area contributed by atoms with E-state index in [2.05, 4.69) is 10.0 Å². The van der Waals surface area contributed by atoms with Crippen molar-refractivity contribution in [1.29, 1.82) is 0 Å². The van der Waals surface area contributed by atoms with Crippen LogP contribution < -0.4 is 0 Å². The first-order valence-corrected chi connectivity index (χ1v) is 6.45. The highest BCUT2D eigenvalue weighted by atomic mass is 16.7. The number of nitrogens with zero attached hydrogens (tertiary/aromatic N) is 3. The van der Waals surface area contributed by atoms with Gasteiger partial charge in [0.25, 0.3) is 0 Å². The van der Waals surface area contributed by atoms with E-state index in [0.717, 1.165) is 5.56 Å². The number of aliphatic hydroxyl groups excluding tert-OH is 1. The van der Waals surface area contributed by atoms with Crippen LogP contribution in [0.25, 0.3) is 10.4 Å². The average molecular weight is 277 g/mol. The monoisotopic (exact) mass is 277 g/mol. The van der Waals surface area contributed by atoms with E-state index in [0.29, 0.717) is 6.61 Å². The number of benzene rings is 1. The highest BCUT2D eigenvalue weighted by Gasteiger charge is 2.44. The predicted molar refractivity (Wildman–Crippen MR) is 68.7 cm³/mol. The molecule has 0 spiro atoms. The van der Waals surface area contributed by atoms with Gasteiger partial charge in [0, 0.05) is 10.5 Å². The molecule has 7 heteroatoms. The summed E-state index contributed by atoms with van der Waals surface area (Å²) in [4.78, 5) is 2.72. The summed E-state index contributed by atoms with van der Waals surface area (Å²) >= 11 is 0. The maximum Gasteiger partial charge on any atom is 0.184 e. The number of hydrogen-bond donors (Lipinski definition) is 1. The van der Waals surface area contributed by atoms with Gasteiger partial charge in [-0.3, -0.25) is 0 Å². The molecule has 0 saturated carbocycles. The van der Waals surface area contributed by atoms with Crippen molar-refractivity contribution >= 4 is 0 Å². The lowest BCUT2D eigenvalue weighted by Crippen LogP contribution is -2.57. The summed E-state index contributed by atoms with van der Waals surface area (Å²) in [6, 6.07) is 8.86. The number of hydrogen-bond acceptors (Lipinski definition) is 5. The average Bonchev–Trinajstić information content (AvgIpc) is 2.51. The van der Waals surface area contributed by atoms with Crippen LogP contribution in [-0.2, 0) is 14.2 Å². The van der Waals surface area contributed by atoms with Gasteiger partial charge in [0.05, 0.1) is 25.4 Å². The molecule has 0 aliphatic carbocycles. The molecular weight excluding hydrogens is 262 g/mol. The maximum absolute atomic E-state index is 10.2. The number of rotatable bonds is 2. The van der Waals surface area contributed by atoms with Gasteiger partial charge in [-0.25, -0.2) is 0 Å². The molecule has 7 nitrogen and oxygen atoms in total. The highest BCUT2D eigenvalue weighted by Crippen LogP contribution is 2.32. The normalized spacial score (nSPS) is 36.8. The minimum absolute atomic E-state index is 0.176. The van der Waals surface area contributed by atoms with E-state index < -0.39 is 24.5 Å². The Morgan fingerprint density at radius 1 is 1.20 bits per heavy atom. The van der Waals surface area contributed by atoms with Gasteiger partial charge in [0.1, 0.15) is 12.2 Å². The summed E-state index contributed by atoms with van der Waals surface area (Å²) in [5.74, 6) is 0. The summed E-state index contributed by atoms with van der Waals surface area (Å²) in [7, 11) is 0. The Balaban J connectivity index is 1.75. The van der Waals surface area contributed by atoms with E-state index in [1.807, 2.05) is 30.3 Å². The third kappa shape index (κ3) is 2.49. The summed E-state index contributed by atoms with van der Waals surface area (Å²) in [6.07, 6.45) is -2.33. The topological polar surface area (TPSA) is 96.7 Å². The van der Waals surface area contributed by atoms with Crippen LogP contribution in [0.1, 0.15) is 11.9 Å². The Hall–Kier alpha value is -1.63. The number of azide groups is 1. The predicted octanol–water partition coefficient (Wildman–Crippen LogP) is 1.54. The first kappa shape index (κ1) is 13.4. The van der Waals surface area contributed by atoms with Gasteiger partial charge in [0.15, 0.2) is 6.29 Å². The van der Waals surface area contributed by atoms with Gasteiger partial charge in [-0.15, -0.1) is 0 Å². The Labute approximate surface area is 115 Å². The lowest BCUT2D eigenvalue weighted by molar-refractivity contribution is -0.301. The zero-order chi connectivity index (χ0) is 13.9. The van der Waals surface area contributed by atoms with E-state index in [1.54, 1.807) is 0 Å². The minimum atomic E-state index is -0.889. The van der Waals surface area contributed by atoms with E-state index in [-0.39, 0.29) is 12.7 Å². The molecule has 3 rings (SSSR count). The molecule has 0 amide bonds. The van der Waals surface area contributed by atoms with Crippen molar-refractivity contribution in [2.24, 2.45) is 5.11 Å². The van der Waals surface area contributed by atoms with Crippen molar-refractivity contribution < 1.29 is 19.3 Å². The van der Waals surface area contributed by atoms with Gasteiger partial charge in [0.2, 0.25) is 0 Å². The highest BCUT2D eigenvalue weighted by molar-refractivity contribution is 5.16. The maximum atomic E-state index is 10.2. The van der Waals surface area contributed by atoms with Crippen LogP contribution in [0.2, 0.25) is 0 Å². The van der Waals surface area contributed by atoms with Crippen molar-refractivity contribution in [2.75, 3.05) is 13.2 Å². The lowest BCUT2D eigenvalue weighted by atomic mass is 9.98. The molecule has 1 N–H and O–H groups in total. The van der Waals surface area contributed by atoms with Crippen LogP contribution in [0.15, 0.2) is 35.4 Å². The molecule has 5 atom stereocenters. The number of fused-ring (bicyclic) bond motifs is 1. The molecule has 0 radical (unpaired) electrons. The van der Waals surface area contributed by atoms with Crippen molar-refractivity contribution in [3.05, 3.63) is 46.3 Å². The molecule has 2 aliphatic rings. The minimum Gasteiger partial charge on any atom is -0.390 e. The summed E-state index contributed by atoms with van der Waals surface area (Å²) in [6.45, 7) is 0.513. The van der Waals surface area contributed by atoms with E-state index >= 15 is 0 Å². The van der Waals surface area contributed by atoms with Crippen LogP contribution in [0.5, 0.6) is 0 Å². The van der Waals surface area contributed by atoms with Crippen LogP contribution in [-0.4, -0.2) is 42.7 Å². The lowest BCUT2D eigenvalue weighted by Gasteiger charge is -2.43. The van der Waals surface area contributed by atoms with Crippen molar-refractivity contribution in [3.63, 3.8) is 0 Å². The van der Waals surface area contributed by atoms with E-state index in [9.17, 15) is 5.11 Å². The number of ether oxygens (including phenoxy) is 3. The van der Waals surface area contributed by atoms with Gasteiger partial charge < -0.3 is 19.3 Å². The van der Waals surface area contributed by atoms with Gasteiger partial charge in [-0.2, -0.15) is 0 Å². The molecule has 1 aromatic rings. The van der Waals surface area contributed by atoms with Crippen molar-refractivity contribution in [3.8, 4) is 0 Å². The molecule has 20 heavy (non-hydrogen) atoms. The second kappa shape index (κ2) is 5.78. The van der Waals surface area contributed by atoms with Crippen LogP contribution in [0.3, 0.4) is 0 Å². The molecule has 2 heterocycles. The van der Waals surface area contributed by atoms with E-state index in [4.69, 9.17) is 19.7 Å². The Kier molecular flexibility index (Phi) is 3.86. The molecule has 2 fully saturated rings. The Bertz CT molecular complexity index is 506. The summed E-state index contributed by atoms with van der Waals surface area (Å²) in [5, 5.41) is 13.8. The number of aliphatic hydroxyl groups is 1. The smallest absolute Gasteiger partial charge is 0.184 e. The van der Waals surface area contributed by atoms with Crippen molar-refractivity contribution in [2.45, 2.75) is 30.6 Å². The third-order valence-electron chi connectivity index (χ3n) is 3.54. The summed E-state index contributed by atoms with van der Waals surface area (Å²) < 4.78 is 16.9. The first-order valence-electron chi connectivity index (χ1n) is 6.45. The second-order valence-electron chi connectivity index (χ2n) is 4.81. The zero-order valence-corrected chi connectivity index (χ0v) is 10.7. The molecule has 2 saturated heterocycles. The molecule has 0 aromatic heterocycles. The molecule has 0 bridgehead atoms. The Morgan fingerprint density at radius 2 is 2.00 bits per heavy atom. The largest absolute Gasteiger partial charge is 0.390 e. The van der Waals surface area contributed by atoms with E-state index in [1.165, 1.54) is 0 Å². The van der Waals surface area contributed by atoms with Crippen molar-refractivity contribution in [1.82, 2.24) is 0 Å². The molecular formula is C13H15N3O4. The zero-order valence-electron chi connectivity index (χ0n) is 10.7. The Morgan fingerprint density at radius 3 is 2.75 bits per heavy atom. The molecule has 1 aromatic carbocycles. The van der Waals surface area contributed by atoms with Crippen LogP contribution >= 0.6 is 0 Å². The summed E-state index contributed by atoms with van der Waals surface area (Å²) in [5.41, 5.74) is 9.37. The first-order chi connectivity index (χ1) is 9.79. The van der Waals surface area contributed by atoms with Gasteiger partial charge in [-0.05, 0) is 5.53 Å².